The monoisotopic (exact) mass is 532 g/mol. The van der Waals surface area contributed by atoms with Crippen molar-refractivity contribution < 1.29 is 19.4 Å². The van der Waals surface area contributed by atoms with Crippen molar-refractivity contribution >= 4 is 40.4 Å². The van der Waals surface area contributed by atoms with Crippen LogP contribution in [0.4, 0.5) is 11.4 Å². The van der Waals surface area contributed by atoms with Gasteiger partial charge in [-0.25, -0.2) is 0 Å². The molecule has 1 aliphatic heterocycles. The summed E-state index contributed by atoms with van der Waals surface area (Å²) in [5, 5.41) is 11.9. The summed E-state index contributed by atoms with van der Waals surface area (Å²) in [6.07, 6.45) is 0. The third-order valence-corrected chi connectivity index (χ3v) is 7.55. The molecule has 1 N–H and O–H groups in total. The second-order valence-electron chi connectivity index (χ2n) is 9.48. The van der Waals surface area contributed by atoms with Crippen molar-refractivity contribution in [2.75, 3.05) is 30.0 Å². The molecule has 1 heterocycles. The number of halogens is 1. The van der Waals surface area contributed by atoms with Gasteiger partial charge < -0.3 is 14.7 Å². The van der Waals surface area contributed by atoms with Gasteiger partial charge in [0.05, 0.1) is 29.3 Å². The summed E-state index contributed by atoms with van der Waals surface area (Å²) in [6, 6.07) is 16.0. The minimum Gasteiger partial charge on any atom is -0.507 e. The van der Waals surface area contributed by atoms with Gasteiger partial charge in [-0.05, 0) is 87.2 Å². The van der Waals surface area contributed by atoms with Crippen LogP contribution in [-0.2, 0) is 9.59 Å². The largest absolute Gasteiger partial charge is 0.507 e. The normalized spacial score (nSPS) is 16.7. The number of nitrogens with zero attached hydrogens (tertiary/aromatic N) is 2. The molecule has 0 radical (unpaired) electrons. The summed E-state index contributed by atoms with van der Waals surface area (Å²) >= 11 is 6.42. The molecule has 0 aliphatic carbocycles. The molecule has 4 rings (SSSR count). The van der Waals surface area contributed by atoms with E-state index in [-0.39, 0.29) is 22.6 Å². The van der Waals surface area contributed by atoms with E-state index in [9.17, 15) is 14.7 Å². The number of ketones is 1. The summed E-state index contributed by atoms with van der Waals surface area (Å²) in [7, 11) is 1.45. The Morgan fingerprint density at radius 2 is 1.68 bits per heavy atom. The van der Waals surface area contributed by atoms with Crippen molar-refractivity contribution in [2.24, 2.45) is 0 Å². The highest BCUT2D eigenvalue weighted by Crippen LogP contribution is 2.45. The van der Waals surface area contributed by atoms with E-state index in [1.165, 1.54) is 12.0 Å². The number of aliphatic hydroxyl groups excluding tert-OH is 1. The van der Waals surface area contributed by atoms with Crippen LogP contribution in [0.3, 0.4) is 0 Å². The average Bonchev–Trinajstić information content (AvgIpc) is 3.16. The summed E-state index contributed by atoms with van der Waals surface area (Å²) in [4.78, 5) is 31.0. The van der Waals surface area contributed by atoms with E-state index >= 15 is 0 Å². The van der Waals surface area contributed by atoms with Crippen LogP contribution in [0.1, 0.15) is 47.7 Å². The molecular weight excluding hydrogens is 500 g/mol. The number of aliphatic hydroxyl groups is 1. The number of ether oxygens (including phenoxy) is 1. The van der Waals surface area contributed by atoms with Crippen LogP contribution >= 0.6 is 11.6 Å². The Balaban J connectivity index is 2.00. The first-order chi connectivity index (χ1) is 18.1. The van der Waals surface area contributed by atoms with Gasteiger partial charge in [0.2, 0.25) is 0 Å². The summed E-state index contributed by atoms with van der Waals surface area (Å²) in [5.41, 5.74) is 5.28. The van der Waals surface area contributed by atoms with Crippen molar-refractivity contribution in [3.05, 3.63) is 93.0 Å². The van der Waals surface area contributed by atoms with Crippen LogP contribution in [0.25, 0.3) is 5.76 Å². The SMILES string of the molecule is CCN(CC)c1ccc(C2/C(=C(\O)c3cc(C)cc(Cl)c3OC)C(=O)C(=O)N2c2cccc(C)c2C)cc1. The lowest BCUT2D eigenvalue weighted by atomic mass is 9.93. The first-order valence-corrected chi connectivity index (χ1v) is 13.1. The van der Waals surface area contributed by atoms with Gasteiger partial charge in [0.25, 0.3) is 11.7 Å². The molecule has 1 atom stereocenters. The zero-order valence-corrected chi connectivity index (χ0v) is 23.4. The van der Waals surface area contributed by atoms with E-state index in [4.69, 9.17) is 16.3 Å². The Kier molecular flexibility index (Phi) is 7.83. The van der Waals surface area contributed by atoms with Crippen molar-refractivity contribution in [1.82, 2.24) is 0 Å². The second kappa shape index (κ2) is 10.9. The van der Waals surface area contributed by atoms with Gasteiger partial charge in [-0.3, -0.25) is 14.5 Å². The maximum atomic E-state index is 13.6. The molecular formula is C31H33ClN2O4. The molecule has 0 saturated carbocycles. The molecule has 1 unspecified atom stereocenters. The lowest BCUT2D eigenvalue weighted by Gasteiger charge is -2.28. The Labute approximate surface area is 229 Å². The predicted octanol–water partition coefficient (Wildman–Crippen LogP) is 6.75. The first kappa shape index (κ1) is 27.3. The minimum atomic E-state index is -0.842. The van der Waals surface area contributed by atoms with Gasteiger partial charge in [0.15, 0.2) is 0 Å². The van der Waals surface area contributed by atoms with Gasteiger partial charge in [-0.15, -0.1) is 0 Å². The van der Waals surface area contributed by atoms with E-state index < -0.39 is 17.7 Å². The fourth-order valence-corrected chi connectivity index (χ4v) is 5.46. The standard InChI is InChI=1S/C31H33ClN2O4/c1-7-33(8-2)22-14-12-21(13-15-22)27-26(28(35)23-16-18(3)17-24(32)30(23)38-6)29(36)31(37)34(27)25-11-9-10-19(4)20(25)5/h9-17,27,35H,7-8H2,1-6H3/b28-26+. The molecule has 0 bridgehead atoms. The van der Waals surface area contributed by atoms with E-state index in [0.29, 0.717) is 16.3 Å². The molecule has 3 aromatic rings. The summed E-state index contributed by atoms with van der Waals surface area (Å²) < 4.78 is 5.49. The lowest BCUT2D eigenvalue weighted by Crippen LogP contribution is -2.30. The summed E-state index contributed by atoms with van der Waals surface area (Å²) in [6.45, 7) is 11.6. The highest BCUT2D eigenvalue weighted by Gasteiger charge is 2.47. The number of hydrogen-bond donors (Lipinski definition) is 1. The maximum absolute atomic E-state index is 13.6. The number of carbonyl (C=O) groups is 2. The van der Waals surface area contributed by atoms with E-state index in [2.05, 4.69) is 18.7 Å². The average molecular weight is 533 g/mol. The van der Waals surface area contributed by atoms with Crippen LogP contribution in [-0.4, -0.2) is 37.0 Å². The van der Waals surface area contributed by atoms with Crippen LogP contribution in [0, 0.1) is 20.8 Å². The number of methoxy groups -OCH3 is 1. The van der Waals surface area contributed by atoms with Crippen molar-refractivity contribution in [1.29, 1.82) is 0 Å². The smallest absolute Gasteiger partial charge is 0.300 e. The van der Waals surface area contributed by atoms with Gasteiger partial charge >= 0.3 is 0 Å². The van der Waals surface area contributed by atoms with Crippen LogP contribution < -0.4 is 14.5 Å². The predicted molar refractivity (Wildman–Crippen MR) is 153 cm³/mol. The van der Waals surface area contributed by atoms with Gasteiger partial charge in [-0.1, -0.05) is 35.9 Å². The summed E-state index contributed by atoms with van der Waals surface area (Å²) in [5.74, 6) is -1.54. The number of rotatable bonds is 7. The van der Waals surface area contributed by atoms with Crippen LogP contribution in [0.15, 0.2) is 60.2 Å². The molecule has 38 heavy (non-hydrogen) atoms. The molecule has 1 aliphatic rings. The molecule has 1 amide bonds. The Bertz CT molecular complexity index is 1420. The fraction of sp³-hybridized carbons (Fsp3) is 0.290. The third kappa shape index (κ3) is 4.65. The lowest BCUT2D eigenvalue weighted by molar-refractivity contribution is -0.132. The number of amides is 1. The van der Waals surface area contributed by atoms with Gasteiger partial charge in [0, 0.05) is 24.5 Å². The molecule has 0 aromatic heterocycles. The molecule has 1 saturated heterocycles. The highest BCUT2D eigenvalue weighted by molar-refractivity contribution is 6.52. The Morgan fingerprint density at radius 1 is 1.03 bits per heavy atom. The molecule has 7 heteroatoms. The second-order valence-corrected chi connectivity index (χ2v) is 9.89. The minimum absolute atomic E-state index is 0.00791. The number of Topliss-reactive ketones (excluding diaryl/α,β-unsaturated/α-hetero) is 1. The number of carbonyl (C=O) groups excluding carboxylic acids is 2. The Morgan fingerprint density at radius 3 is 2.29 bits per heavy atom. The van der Waals surface area contributed by atoms with Crippen LogP contribution in [0.2, 0.25) is 5.02 Å². The number of anilines is 2. The third-order valence-electron chi connectivity index (χ3n) is 7.26. The number of benzene rings is 3. The number of aryl methyl sites for hydroxylation is 2. The molecule has 3 aromatic carbocycles. The maximum Gasteiger partial charge on any atom is 0.300 e. The topological polar surface area (TPSA) is 70.1 Å². The van der Waals surface area contributed by atoms with E-state index in [1.54, 1.807) is 12.1 Å². The highest BCUT2D eigenvalue weighted by atomic mass is 35.5. The van der Waals surface area contributed by atoms with Crippen molar-refractivity contribution in [3.63, 3.8) is 0 Å². The molecule has 0 spiro atoms. The van der Waals surface area contributed by atoms with Gasteiger partial charge in [0.1, 0.15) is 11.5 Å². The molecule has 6 nitrogen and oxygen atoms in total. The Hall–Kier alpha value is -3.77. The zero-order chi connectivity index (χ0) is 27.7. The fourth-order valence-electron chi connectivity index (χ4n) is 5.11. The zero-order valence-electron chi connectivity index (χ0n) is 22.6. The quantitative estimate of drug-likeness (QED) is 0.207. The van der Waals surface area contributed by atoms with E-state index in [1.807, 2.05) is 63.2 Å². The van der Waals surface area contributed by atoms with Crippen molar-refractivity contribution in [2.45, 2.75) is 40.7 Å². The van der Waals surface area contributed by atoms with E-state index in [0.717, 1.165) is 35.5 Å². The molecule has 198 valence electrons. The van der Waals surface area contributed by atoms with Crippen molar-refractivity contribution in [3.8, 4) is 5.75 Å². The number of hydrogen-bond acceptors (Lipinski definition) is 5. The first-order valence-electron chi connectivity index (χ1n) is 12.7. The van der Waals surface area contributed by atoms with Crippen LogP contribution in [0.5, 0.6) is 5.75 Å². The van der Waals surface area contributed by atoms with Gasteiger partial charge in [-0.2, -0.15) is 0 Å². The molecule has 1 fully saturated rings.